The molecule has 0 spiro atoms. The monoisotopic (exact) mass is 315 g/mol. The van der Waals surface area contributed by atoms with Gasteiger partial charge in [-0.25, -0.2) is 0 Å². The maximum absolute atomic E-state index is 4.14. The molecule has 0 saturated carbocycles. The van der Waals surface area contributed by atoms with E-state index >= 15 is 0 Å². The van der Waals surface area contributed by atoms with Gasteiger partial charge in [0, 0.05) is 17.1 Å². The van der Waals surface area contributed by atoms with E-state index < -0.39 is 0 Å². The average Bonchev–Trinajstić information content (AvgIpc) is 2.46. The predicted octanol–water partition coefficient (Wildman–Crippen LogP) is 4.81. The van der Waals surface area contributed by atoms with Gasteiger partial charge in [-0.05, 0) is 29.7 Å². The summed E-state index contributed by atoms with van der Waals surface area (Å²) in [5.41, 5.74) is 3.57. The third kappa shape index (κ3) is 3.79. The van der Waals surface area contributed by atoms with Gasteiger partial charge in [-0.1, -0.05) is 71.0 Å². The Kier molecular flexibility index (Phi) is 4.94. The molecule has 0 saturated heterocycles. The molecule has 0 unspecified atom stereocenters. The van der Waals surface area contributed by atoms with Crippen molar-refractivity contribution >= 4 is 21.5 Å². The molecule has 0 aliphatic rings. The SMILES string of the molecule is C=C(CN[C@@H](C)c1ccccc1Br)c1ccccc1. The van der Waals surface area contributed by atoms with Gasteiger partial charge in [0.25, 0.3) is 0 Å². The van der Waals surface area contributed by atoms with E-state index in [4.69, 9.17) is 0 Å². The minimum absolute atomic E-state index is 0.288. The molecular weight excluding hydrogens is 298 g/mol. The van der Waals surface area contributed by atoms with Crippen molar-refractivity contribution in [2.45, 2.75) is 13.0 Å². The van der Waals surface area contributed by atoms with Gasteiger partial charge in [-0.15, -0.1) is 0 Å². The molecule has 19 heavy (non-hydrogen) atoms. The molecule has 1 nitrogen and oxygen atoms in total. The molecule has 2 heteroatoms. The van der Waals surface area contributed by atoms with Crippen molar-refractivity contribution in [1.29, 1.82) is 0 Å². The van der Waals surface area contributed by atoms with E-state index in [-0.39, 0.29) is 6.04 Å². The molecule has 98 valence electrons. The standard InChI is InChI=1S/C17H18BrN/c1-13(15-8-4-3-5-9-15)12-19-14(2)16-10-6-7-11-17(16)18/h3-11,14,19H,1,12H2,2H3/t14-/m0/s1. The van der Waals surface area contributed by atoms with Crippen molar-refractivity contribution in [3.63, 3.8) is 0 Å². The predicted molar refractivity (Wildman–Crippen MR) is 86.0 cm³/mol. The lowest BCUT2D eigenvalue weighted by molar-refractivity contribution is 0.620. The van der Waals surface area contributed by atoms with E-state index in [1.165, 1.54) is 11.1 Å². The molecule has 0 fully saturated rings. The van der Waals surface area contributed by atoms with Crippen molar-refractivity contribution in [3.8, 4) is 0 Å². The summed E-state index contributed by atoms with van der Waals surface area (Å²) in [6.07, 6.45) is 0. The number of hydrogen-bond acceptors (Lipinski definition) is 1. The maximum atomic E-state index is 4.14. The molecule has 1 atom stereocenters. The molecule has 0 amide bonds. The fourth-order valence-corrected chi connectivity index (χ4v) is 2.62. The Morgan fingerprint density at radius 3 is 2.42 bits per heavy atom. The lowest BCUT2D eigenvalue weighted by Crippen LogP contribution is -2.20. The van der Waals surface area contributed by atoms with Crippen molar-refractivity contribution < 1.29 is 0 Å². The number of halogens is 1. The minimum Gasteiger partial charge on any atom is -0.306 e. The van der Waals surface area contributed by atoms with Crippen LogP contribution >= 0.6 is 15.9 Å². The Bertz CT molecular complexity index is 548. The molecule has 0 radical (unpaired) electrons. The molecule has 2 rings (SSSR count). The van der Waals surface area contributed by atoms with Crippen LogP contribution in [-0.4, -0.2) is 6.54 Å². The third-order valence-electron chi connectivity index (χ3n) is 3.18. The highest BCUT2D eigenvalue weighted by atomic mass is 79.9. The summed E-state index contributed by atoms with van der Waals surface area (Å²) in [7, 11) is 0. The first-order valence-electron chi connectivity index (χ1n) is 6.39. The highest BCUT2D eigenvalue weighted by Gasteiger charge is 2.08. The molecule has 2 aromatic carbocycles. The summed E-state index contributed by atoms with van der Waals surface area (Å²) in [4.78, 5) is 0. The first-order valence-corrected chi connectivity index (χ1v) is 7.19. The lowest BCUT2D eigenvalue weighted by atomic mass is 10.1. The van der Waals surface area contributed by atoms with Gasteiger partial charge < -0.3 is 5.32 Å². The Morgan fingerprint density at radius 1 is 1.11 bits per heavy atom. The first kappa shape index (κ1) is 14.0. The fraction of sp³-hybridized carbons (Fsp3) is 0.176. The number of nitrogens with one attached hydrogen (secondary N) is 1. The maximum Gasteiger partial charge on any atom is 0.0306 e. The molecule has 1 N–H and O–H groups in total. The molecule has 0 heterocycles. The van der Waals surface area contributed by atoms with Crippen LogP contribution < -0.4 is 5.32 Å². The summed E-state index contributed by atoms with van der Waals surface area (Å²) in [6.45, 7) is 7.09. The molecule has 0 aliphatic carbocycles. The highest BCUT2D eigenvalue weighted by Crippen LogP contribution is 2.23. The highest BCUT2D eigenvalue weighted by molar-refractivity contribution is 9.10. The Labute approximate surface area is 123 Å². The van der Waals surface area contributed by atoms with E-state index in [0.717, 1.165) is 16.6 Å². The summed E-state index contributed by atoms with van der Waals surface area (Å²) in [5.74, 6) is 0. The van der Waals surface area contributed by atoms with Crippen LogP contribution in [0.3, 0.4) is 0 Å². The van der Waals surface area contributed by atoms with Crippen LogP contribution in [0.2, 0.25) is 0 Å². The van der Waals surface area contributed by atoms with Gasteiger partial charge in [0.15, 0.2) is 0 Å². The summed E-state index contributed by atoms with van der Waals surface area (Å²) < 4.78 is 1.14. The van der Waals surface area contributed by atoms with Crippen molar-refractivity contribution in [2.24, 2.45) is 0 Å². The van der Waals surface area contributed by atoms with Crippen LogP contribution in [0.5, 0.6) is 0 Å². The van der Waals surface area contributed by atoms with Crippen LogP contribution in [0.15, 0.2) is 65.6 Å². The lowest BCUT2D eigenvalue weighted by Gasteiger charge is -2.17. The second-order valence-corrected chi connectivity index (χ2v) is 5.45. The zero-order chi connectivity index (χ0) is 13.7. The fourth-order valence-electron chi connectivity index (χ4n) is 1.99. The topological polar surface area (TPSA) is 12.0 Å². The summed E-state index contributed by atoms with van der Waals surface area (Å²) in [5, 5.41) is 3.51. The molecule has 0 aromatic heterocycles. The Hall–Kier alpha value is -1.38. The van der Waals surface area contributed by atoms with E-state index in [2.05, 4.69) is 65.1 Å². The molecular formula is C17H18BrN. The number of hydrogen-bond donors (Lipinski definition) is 1. The van der Waals surface area contributed by atoms with Crippen molar-refractivity contribution in [1.82, 2.24) is 5.32 Å². The van der Waals surface area contributed by atoms with Crippen molar-refractivity contribution in [2.75, 3.05) is 6.54 Å². The summed E-state index contributed by atoms with van der Waals surface area (Å²) in [6, 6.07) is 18.9. The summed E-state index contributed by atoms with van der Waals surface area (Å²) >= 11 is 3.59. The quantitative estimate of drug-likeness (QED) is 0.834. The van der Waals surface area contributed by atoms with Gasteiger partial charge in [-0.2, -0.15) is 0 Å². The van der Waals surface area contributed by atoms with Crippen LogP contribution in [0.25, 0.3) is 5.57 Å². The zero-order valence-electron chi connectivity index (χ0n) is 11.1. The normalized spacial score (nSPS) is 12.1. The Morgan fingerprint density at radius 2 is 1.74 bits per heavy atom. The molecule has 0 aliphatic heterocycles. The zero-order valence-corrected chi connectivity index (χ0v) is 12.7. The van der Waals surface area contributed by atoms with Gasteiger partial charge in [-0.3, -0.25) is 0 Å². The molecule has 2 aromatic rings. The van der Waals surface area contributed by atoms with Gasteiger partial charge in [0.1, 0.15) is 0 Å². The average molecular weight is 316 g/mol. The largest absolute Gasteiger partial charge is 0.306 e. The van der Waals surface area contributed by atoms with Gasteiger partial charge >= 0.3 is 0 Å². The first-order chi connectivity index (χ1) is 9.18. The van der Waals surface area contributed by atoms with E-state index in [1.807, 2.05) is 24.3 Å². The van der Waals surface area contributed by atoms with Crippen LogP contribution in [0.4, 0.5) is 0 Å². The smallest absolute Gasteiger partial charge is 0.0306 e. The van der Waals surface area contributed by atoms with Crippen LogP contribution in [-0.2, 0) is 0 Å². The Balaban J connectivity index is 1.96. The second-order valence-electron chi connectivity index (χ2n) is 4.59. The second kappa shape index (κ2) is 6.69. The minimum atomic E-state index is 0.288. The molecule has 0 bridgehead atoms. The van der Waals surface area contributed by atoms with E-state index in [1.54, 1.807) is 0 Å². The number of rotatable bonds is 5. The van der Waals surface area contributed by atoms with Crippen molar-refractivity contribution in [3.05, 3.63) is 76.8 Å². The number of benzene rings is 2. The van der Waals surface area contributed by atoms with Crippen LogP contribution in [0.1, 0.15) is 24.1 Å². The van der Waals surface area contributed by atoms with E-state index in [0.29, 0.717) is 0 Å². The van der Waals surface area contributed by atoms with Gasteiger partial charge in [0.05, 0.1) is 0 Å². The third-order valence-corrected chi connectivity index (χ3v) is 3.90. The van der Waals surface area contributed by atoms with E-state index in [9.17, 15) is 0 Å². The van der Waals surface area contributed by atoms with Crippen LogP contribution in [0, 0.1) is 0 Å². The van der Waals surface area contributed by atoms with Gasteiger partial charge in [0.2, 0.25) is 0 Å².